The number of hydrogen-bond donors (Lipinski definition) is 1. The molecule has 1 unspecified atom stereocenters. The maximum absolute atomic E-state index is 12.3. The zero-order valence-electron chi connectivity index (χ0n) is 8.74. The molecule has 0 N–H and O–H groups in total. The van der Waals surface area contributed by atoms with Crippen molar-refractivity contribution < 1.29 is 18.0 Å². The zero-order valence-corrected chi connectivity index (χ0v) is 9.63. The van der Waals surface area contributed by atoms with Crippen LogP contribution in [-0.2, 0) is 11.0 Å². The van der Waals surface area contributed by atoms with Crippen molar-refractivity contribution in [2.45, 2.75) is 17.8 Å². The SMILES string of the molecule is O=C1CC(S)CN1c1ccc(C(F)(F)F)cc1. The summed E-state index contributed by atoms with van der Waals surface area (Å²) in [6.07, 6.45) is -4.02. The molecule has 1 heterocycles. The summed E-state index contributed by atoms with van der Waals surface area (Å²) in [6.45, 7) is 0.438. The molecule has 2 rings (SSSR count). The van der Waals surface area contributed by atoms with Crippen LogP contribution in [0.1, 0.15) is 12.0 Å². The van der Waals surface area contributed by atoms with Crippen LogP contribution in [0.5, 0.6) is 0 Å². The second kappa shape index (κ2) is 4.25. The summed E-state index contributed by atoms with van der Waals surface area (Å²) in [4.78, 5) is 13.0. The summed E-state index contributed by atoms with van der Waals surface area (Å²) >= 11 is 4.18. The average Bonchev–Trinajstić information content (AvgIpc) is 2.57. The molecule has 1 aromatic carbocycles. The predicted octanol–water partition coefficient (Wildman–Crippen LogP) is 2.74. The van der Waals surface area contributed by atoms with Crippen LogP contribution in [-0.4, -0.2) is 17.7 Å². The van der Waals surface area contributed by atoms with E-state index in [0.717, 1.165) is 12.1 Å². The molecule has 0 aromatic heterocycles. The van der Waals surface area contributed by atoms with E-state index in [-0.39, 0.29) is 11.2 Å². The number of halogens is 3. The first kappa shape index (κ1) is 12.3. The molecule has 1 aliphatic heterocycles. The summed E-state index contributed by atoms with van der Waals surface area (Å²) in [5.41, 5.74) is -0.227. The smallest absolute Gasteiger partial charge is 0.311 e. The number of anilines is 1. The van der Waals surface area contributed by atoms with Gasteiger partial charge >= 0.3 is 6.18 Å². The minimum absolute atomic E-state index is 0.0511. The minimum atomic E-state index is -4.35. The maximum Gasteiger partial charge on any atom is 0.416 e. The Morgan fingerprint density at radius 3 is 2.24 bits per heavy atom. The lowest BCUT2D eigenvalue weighted by molar-refractivity contribution is -0.137. The molecule has 6 heteroatoms. The molecule has 1 amide bonds. The van der Waals surface area contributed by atoms with E-state index in [9.17, 15) is 18.0 Å². The molecule has 1 aliphatic rings. The third-order valence-electron chi connectivity index (χ3n) is 2.61. The highest BCUT2D eigenvalue weighted by Crippen LogP contribution is 2.31. The molecule has 0 radical (unpaired) electrons. The summed E-state index contributed by atoms with van der Waals surface area (Å²) < 4.78 is 37.0. The van der Waals surface area contributed by atoms with E-state index in [2.05, 4.69) is 12.6 Å². The first-order chi connectivity index (χ1) is 7.88. The van der Waals surface area contributed by atoms with Crippen LogP contribution in [0, 0.1) is 0 Å². The zero-order chi connectivity index (χ0) is 12.6. The number of amides is 1. The Hall–Kier alpha value is -1.17. The number of rotatable bonds is 1. The highest BCUT2D eigenvalue weighted by Gasteiger charge is 2.32. The first-order valence-corrected chi connectivity index (χ1v) is 5.55. The van der Waals surface area contributed by atoms with Crippen molar-refractivity contribution in [2.75, 3.05) is 11.4 Å². The van der Waals surface area contributed by atoms with Crippen LogP contribution in [0.2, 0.25) is 0 Å². The van der Waals surface area contributed by atoms with Crippen molar-refractivity contribution >= 4 is 24.2 Å². The monoisotopic (exact) mass is 261 g/mol. The average molecular weight is 261 g/mol. The molecule has 92 valence electrons. The van der Waals surface area contributed by atoms with Crippen LogP contribution < -0.4 is 4.90 Å². The van der Waals surface area contributed by atoms with Gasteiger partial charge in [-0.25, -0.2) is 0 Å². The standard InChI is InChI=1S/C11H10F3NOS/c12-11(13,14)7-1-3-8(4-2-7)15-6-9(17)5-10(15)16/h1-4,9,17H,5-6H2. The van der Waals surface area contributed by atoms with Gasteiger partial charge in [-0.2, -0.15) is 25.8 Å². The number of alkyl halides is 3. The molecular weight excluding hydrogens is 251 g/mol. The predicted molar refractivity (Wildman–Crippen MR) is 61.2 cm³/mol. The number of carbonyl (C=O) groups excluding carboxylic acids is 1. The summed E-state index contributed by atoms with van der Waals surface area (Å²) in [5, 5.41) is -0.0511. The van der Waals surface area contributed by atoms with Crippen molar-refractivity contribution in [1.82, 2.24) is 0 Å². The Balaban J connectivity index is 2.22. The Morgan fingerprint density at radius 1 is 1.24 bits per heavy atom. The molecule has 2 nitrogen and oxygen atoms in total. The van der Waals surface area contributed by atoms with E-state index in [1.54, 1.807) is 0 Å². The fourth-order valence-corrected chi connectivity index (χ4v) is 2.09. The van der Waals surface area contributed by atoms with Crippen LogP contribution in [0.15, 0.2) is 24.3 Å². The normalized spacial score (nSPS) is 21.1. The molecule has 1 aromatic rings. The molecule has 0 bridgehead atoms. The summed E-state index contributed by atoms with van der Waals surface area (Å²) in [7, 11) is 0. The number of carbonyl (C=O) groups is 1. The molecule has 1 atom stereocenters. The van der Waals surface area contributed by atoms with E-state index in [4.69, 9.17) is 0 Å². The van der Waals surface area contributed by atoms with Gasteiger partial charge in [-0.1, -0.05) is 0 Å². The van der Waals surface area contributed by atoms with E-state index >= 15 is 0 Å². The van der Waals surface area contributed by atoms with Gasteiger partial charge < -0.3 is 4.90 Å². The van der Waals surface area contributed by atoms with E-state index in [0.29, 0.717) is 18.7 Å². The van der Waals surface area contributed by atoms with Gasteiger partial charge in [0.2, 0.25) is 5.91 Å². The third kappa shape index (κ3) is 2.57. The lowest BCUT2D eigenvalue weighted by Crippen LogP contribution is -2.24. The first-order valence-electron chi connectivity index (χ1n) is 5.03. The number of hydrogen-bond acceptors (Lipinski definition) is 2. The maximum atomic E-state index is 12.3. The topological polar surface area (TPSA) is 20.3 Å². The molecular formula is C11H10F3NOS. The van der Waals surface area contributed by atoms with Gasteiger partial charge in [0.1, 0.15) is 0 Å². The van der Waals surface area contributed by atoms with Crippen LogP contribution >= 0.6 is 12.6 Å². The molecule has 0 spiro atoms. The highest BCUT2D eigenvalue weighted by molar-refractivity contribution is 7.81. The quantitative estimate of drug-likeness (QED) is 0.771. The Kier molecular flexibility index (Phi) is 3.07. The largest absolute Gasteiger partial charge is 0.416 e. The molecule has 1 fully saturated rings. The number of thiol groups is 1. The van der Waals surface area contributed by atoms with Crippen molar-refractivity contribution in [3.05, 3.63) is 29.8 Å². The van der Waals surface area contributed by atoms with Gasteiger partial charge in [-0.05, 0) is 24.3 Å². The second-order valence-corrected chi connectivity index (χ2v) is 4.64. The van der Waals surface area contributed by atoms with Crippen molar-refractivity contribution in [3.63, 3.8) is 0 Å². The minimum Gasteiger partial charge on any atom is -0.311 e. The fraction of sp³-hybridized carbons (Fsp3) is 0.364. The van der Waals surface area contributed by atoms with E-state index < -0.39 is 11.7 Å². The molecule has 0 aliphatic carbocycles. The third-order valence-corrected chi connectivity index (χ3v) is 2.96. The Bertz CT molecular complexity index is 429. The lowest BCUT2D eigenvalue weighted by atomic mass is 10.2. The molecule has 1 saturated heterocycles. The summed E-state index contributed by atoms with van der Waals surface area (Å²) in [6, 6.07) is 4.59. The van der Waals surface area contributed by atoms with Crippen molar-refractivity contribution in [2.24, 2.45) is 0 Å². The van der Waals surface area contributed by atoms with Gasteiger partial charge in [-0.15, -0.1) is 0 Å². The van der Waals surface area contributed by atoms with Crippen LogP contribution in [0.4, 0.5) is 18.9 Å². The van der Waals surface area contributed by atoms with Gasteiger partial charge in [-0.3, -0.25) is 4.79 Å². The molecule has 17 heavy (non-hydrogen) atoms. The highest BCUT2D eigenvalue weighted by atomic mass is 32.1. The summed E-state index contributed by atoms with van der Waals surface area (Å²) in [5.74, 6) is -0.107. The van der Waals surface area contributed by atoms with Gasteiger partial charge in [0.05, 0.1) is 5.56 Å². The lowest BCUT2D eigenvalue weighted by Gasteiger charge is -2.16. The van der Waals surface area contributed by atoms with Gasteiger partial charge in [0.15, 0.2) is 0 Å². The van der Waals surface area contributed by atoms with Gasteiger partial charge in [0, 0.05) is 23.9 Å². The Labute approximate surface area is 102 Å². The van der Waals surface area contributed by atoms with E-state index in [1.807, 2.05) is 0 Å². The van der Waals surface area contributed by atoms with Gasteiger partial charge in [0.25, 0.3) is 0 Å². The van der Waals surface area contributed by atoms with Crippen molar-refractivity contribution in [1.29, 1.82) is 0 Å². The van der Waals surface area contributed by atoms with Crippen molar-refractivity contribution in [3.8, 4) is 0 Å². The second-order valence-electron chi connectivity index (χ2n) is 3.91. The molecule has 0 saturated carbocycles. The number of nitrogens with zero attached hydrogens (tertiary/aromatic N) is 1. The number of benzene rings is 1. The van der Waals surface area contributed by atoms with Crippen LogP contribution in [0.25, 0.3) is 0 Å². The van der Waals surface area contributed by atoms with E-state index in [1.165, 1.54) is 17.0 Å². The fourth-order valence-electron chi connectivity index (χ4n) is 1.77. The van der Waals surface area contributed by atoms with Crippen LogP contribution in [0.3, 0.4) is 0 Å². The Morgan fingerprint density at radius 2 is 1.82 bits per heavy atom.